The van der Waals surface area contributed by atoms with Crippen LogP contribution < -0.4 is 5.73 Å². The van der Waals surface area contributed by atoms with Gasteiger partial charge in [-0.15, -0.1) is 0 Å². The first-order valence-corrected chi connectivity index (χ1v) is 2.53. The van der Waals surface area contributed by atoms with Crippen molar-refractivity contribution in [3.05, 3.63) is 0 Å². The fraction of sp³-hybridized carbons (Fsp3) is 0.200. The van der Waals surface area contributed by atoms with Gasteiger partial charge in [-0.25, -0.2) is 9.59 Å². The lowest BCUT2D eigenvalue weighted by atomic mass is 10.5. The van der Waals surface area contributed by atoms with Crippen LogP contribution in [0.15, 0.2) is 0 Å². The maximum Gasteiger partial charge on any atom is 0.414 e. The molecule has 0 radical (unpaired) electrons. The number of nitriles is 1. The highest BCUT2D eigenvalue weighted by atomic mass is 16.4. The summed E-state index contributed by atoms with van der Waals surface area (Å²) in [5, 5.41) is 22.5. The second-order valence-corrected chi connectivity index (χ2v) is 1.41. The monoisotopic (exact) mass is 174 g/mol. The molecule has 0 aliphatic carbocycles. The van der Waals surface area contributed by atoms with E-state index in [2.05, 4.69) is 5.73 Å². The van der Waals surface area contributed by atoms with Crippen LogP contribution in [0.4, 0.5) is 0 Å². The lowest BCUT2D eigenvalue weighted by Crippen LogP contribution is -2.09. The third-order valence-corrected chi connectivity index (χ3v) is 0.436. The van der Waals surface area contributed by atoms with Crippen LogP contribution in [0.2, 0.25) is 0 Å². The van der Waals surface area contributed by atoms with Crippen LogP contribution >= 0.6 is 0 Å². The summed E-state index contributed by atoms with van der Waals surface area (Å²) >= 11 is 0. The number of carboxylic acids is 2. The summed E-state index contributed by atoms with van der Waals surface area (Å²) in [7, 11) is 0. The molecule has 0 saturated carbocycles. The standard InChI is InChI=1S/C3H4N2O.C2H2O4/c4-2-1-3(5)6;3-1(4)2(5)6/h1H2,(H2,5,6);(H,3,4)(H,5,6). The number of primary amides is 1. The largest absolute Gasteiger partial charge is 0.473 e. The van der Waals surface area contributed by atoms with Crippen molar-refractivity contribution >= 4 is 17.8 Å². The molecule has 0 atom stereocenters. The quantitative estimate of drug-likeness (QED) is 0.414. The van der Waals surface area contributed by atoms with Crippen LogP contribution in [0.3, 0.4) is 0 Å². The summed E-state index contributed by atoms with van der Waals surface area (Å²) < 4.78 is 0. The minimum atomic E-state index is -1.82. The topological polar surface area (TPSA) is 141 Å². The Morgan fingerprint density at radius 2 is 1.58 bits per heavy atom. The van der Waals surface area contributed by atoms with Gasteiger partial charge in [0.05, 0.1) is 6.07 Å². The fourth-order valence-electron chi connectivity index (χ4n) is 0.0779. The van der Waals surface area contributed by atoms with Crippen LogP contribution in [0.1, 0.15) is 6.42 Å². The van der Waals surface area contributed by atoms with E-state index in [0.717, 1.165) is 0 Å². The molecule has 0 bridgehead atoms. The molecule has 66 valence electrons. The number of carboxylic acid groups (broad SMARTS) is 2. The van der Waals surface area contributed by atoms with Crippen LogP contribution in [0, 0.1) is 11.3 Å². The molecule has 0 aliphatic rings. The van der Waals surface area contributed by atoms with E-state index in [1.54, 1.807) is 6.07 Å². The van der Waals surface area contributed by atoms with Crippen LogP contribution in [0.5, 0.6) is 0 Å². The molecule has 0 aromatic carbocycles. The molecule has 0 fully saturated rings. The van der Waals surface area contributed by atoms with Gasteiger partial charge in [-0.05, 0) is 0 Å². The highest BCUT2D eigenvalue weighted by molar-refractivity contribution is 6.27. The van der Waals surface area contributed by atoms with Gasteiger partial charge < -0.3 is 15.9 Å². The van der Waals surface area contributed by atoms with Crippen molar-refractivity contribution < 1.29 is 24.6 Å². The third-order valence-electron chi connectivity index (χ3n) is 0.436. The Balaban J connectivity index is 0. The number of nitrogens with zero attached hydrogens (tertiary/aromatic N) is 1. The van der Waals surface area contributed by atoms with Gasteiger partial charge in [0.1, 0.15) is 6.42 Å². The molecule has 0 rings (SSSR count). The molecule has 0 spiro atoms. The average Bonchev–Trinajstić information content (AvgIpc) is 1.87. The molecule has 0 aromatic heterocycles. The number of rotatable bonds is 1. The van der Waals surface area contributed by atoms with Crippen molar-refractivity contribution in [2.24, 2.45) is 5.73 Å². The number of carbonyl (C=O) groups is 3. The number of amides is 1. The maximum absolute atomic E-state index is 9.60. The molecule has 4 N–H and O–H groups in total. The molecule has 0 unspecified atom stereocenters. The molecule has 0 saturated heterocycles. The van der Waals surface area contributed by atoms with E-state index >= 15 is 0 Å². The molecule has 0 aromatic rings. The van der Waals surface area contributed by atoms with Crippen LogP contribution in [-0.2, 0) is 14.4 Å². The van der Waals surface area contributed by atoms with Gasteiger partial charge in [0.2, 0.25) is 5.91 Å². The highest BCUT2D eigenvalue weighted by Crippen LogP contribution is 1.64. The van der Waals surface area contributed by atoms with Crippen molar-refractivity contribution in [3.63, 3.8) is 0 Å². The first kappa shape index (κ1) is 12.6. The second kappa shape index (κ2) is 7.01. The Morgan fingerprint density at radius 3 is 1.58 bits per heavy atom. The van der Waals surface area contributed by atoms with E-state index in [-0.39, 0.29) is 6.42 Å². The lowest BCUT2D eigenvalue weighted by Gasteiger charge is -1.72. The first-order valence-electron chi connectivity index (χ1n) is 2.53. The van der Waals surface area contributed by atoms with Gasteiger partial charge >= 0.3 is 11.9 Å². The number of nitrogens with two attached hydrogens (primary N) is 1. The van der Waals surface area contributed by atoms with Crippen molar-refractivity contribution in [1.82, 2.24) is 0 Å². The zero-order valence-electron chi connectivity index (χ0n) is 5.85. The van der Waals surface area contributed by atoms with E-state index in [4.69, 9.17) is 25.1 Å². The zero-order valence-corrected chi connectivity index (χ0v) is 5.85. The number of hydrogen-bond acceptors (Lipinski definition) is 4. The summed E-state index contributed by atoms with van der Waals surface area (Å²) in [6.07, 6.45) is -0.181. The number of carbonyl (C=O) groups excluding carboxylic acids is 1. The first-order chi connectivity index (χ1) is 5.41. The average molecular weight is 174 g/mol. The molecule has 1 amide bonds. The predicted molar refractivity (Wildman–Crippen MR) is 34.7 cm³/mol. The minimum absolute atomic E-state index is 0.181. The van der Waals surface area contributed by atoms with Crippen molar-refractivity contribution in [2.75, 3.05) is 0 Å². The zero-order chi connectivity index (χ0) is 10.1. The van der Waals surface area contributed by atoms with Crippen molar-refractivity contribution in [2.45, 2.75) is 6.42 Å². The fourth-order valence-corrected chi connectivity index (χ4v) is 0.0779. The van der Waals surface area contributed by atoms with Gasteiger partial charge in [-0.1, -0.05) is 0 Å². The Morgan fingerprint density at radius 1 is 1.25 bits per heavy atom. The summed E-state index contributed by atoms with van der Waals surface area (Å²) in [6, 6.07) is 1.59. The van der Waals surface area contributed by atoms with Gasteiger partial charge in [0.15, 0.2) is 0 Å². The smallest absolute Gasteiger partial charge is 0.414 e. The Hall–Kier alpha value is -2.10. The maximum atomic E-state index is 9.60. The summed E-state index contributed by atoms with van der Waals surface area (Å²) in [5.41, 5.74) is 4.54. The molecule has 7 heteroatoms. The molecular formula is C5H6N2O5. The van der Waals surface area contributed by atoms with Gasteiger partial charge in [0.25, 0.3) is 0 Å². The van der Waals surface area contributed by atoms with Crippen molar-refractivity contribution in [1.29, 1.82) is 5.26 Å². The SMILES string of the molecule is N#CCC(N)=O.O=C(O)C(=O)O. The molecular weight excluding hydrogens is 168 g/mol. The molecule has 0 heterocycles. The van der Waals surface area contributed by atoms with E-state index in [1.807, 2.05) is 0 Å². The summed E-state index contributed by atoms with van der Waals surface area (Å²) in [6.45, 7) is 0. The van der Waals surface area contributed by atoms with E-state index in [0.29, 0.717) is 0 Å². The number of hydrogen-bond donors (Lipinski definition) is 3. The van der Waals surface area contributed by atoms with Gasteiger partial charge in [-0.3, -0.25) is 4.79 Å². The lowest BCUT2D eigenvalue weighted by molar-refractivity contribution is -0.159. The Bertz CT molecular complexity index is 216. The van der Waals surface area contributed by atoms with Crippen LogP contribution in [-0.4, -0.2) is 28.1 Å². The Labute approximate surface area is 67.0 Å². The highest BCUT2D eigenvalue weighted by Gasteiger charge is 2.04. The second-order valence-electron chi connectivity index (χ2n) is 1.41. The number of aliphatic carboxylic acids is 2. The normalized spacial score (nSPS) is 6.92. The summed E-state index contributed by atoms with van der Waals surface area (Å²) in [5.74, 6) is -4.22. The van der Waals surface area contributed by atoms with E-state index in [9.17, 15) is 4.79 Å². The van der Waals surface area contributed by atoms with Crippen LogP contribution in [0.25, 0.3) is 0 Å². The minimum Gasteiger partial charge on any atom is -0.473 e. The predicted octanol–water partition coefficient (Wildman–Crippen LogP) is -1.46. The Kier molecular flexibility index (Phi) is 7.34. The van der Waals surface area contributed by atoms with Crippen molar-refractivity contribution in [3.8, 4) is 6.07 Å². The van der Waals surface area contributed by atoms with E-state index in [1.165, 1.54) is 0 Å². The summed E-state index contributed by atoms with van der Waals surface area (Å²) in [4.78, 5) is 27.8. The molecule has 7 nitrogen and oxygen atoms in total. The third kappa shape index (κ3) is 15.7. The van der Waals surface area contributed by atoms with Gasteiger partial charge in [0, 0.05) is 0 Å². The van der Waals surface area contributed by atoms with E-state index < -0.39 is 17.8 Å². The van der Waals surface area contributed by atoms with Gasteiger partial charge in [-0.2, -0.15) is 5.26 Å². The molecule has 0 aliphatic heterocycles. The molecule has 12 heavy (non-hydrogen) atoms.